The van der Waals surface area contributed by atoms with Gasteiger partial charge in [0.15, 0.2) is 0 Å². The fraction of sp³-hybridized carbons (Fsp3) is 0.231. The van der Waals surface area contributed by atoms with Crippen LogP contribution >= 0.6 is 0 Å². The topological polar surface area (TPSA) is 73.5 Å². The van der Waals surface area contributed by atoms with E-state index in [1.54, 1.807) is 24.3 Å². The highest BCUT2D eigenvalue weighted by atomic mass is 19.1. The van der Waals surface area contributed by atoms with E-state index in [9.17, 15) is 14.0 Å². The van der Waals surface area contributed by atoms with Gasteiger partial charge in [-0.25, -0.2) is 9.18 Å². The maximum Gasteiger partial charge on any atom is 0.323 e. The maximum atomic E-state index is 13.9. The van der Waals surface area contributed by atoms with Crippen molar-refractivity contribution in [1.29, 1.82) is 0 Å². The number of aryl methyl sites for hydroxylation is 1. The summed E-state index contributed by atoms with van der Waals surface area (Å²) < 4.78 is 13.9. The van der Waals surface area contributed by atoms with E-state index in [1.807, 2.05) is 37.3 Å². The van der Waals surface area contributed by atoms with Crippen LogP contribution in [0.4, 0.5) is 26.2 Å². The number of hydrogen-bond acceptors (Lipinski definition) is 3. The van der Waals surface area contributed by atoms with Crippen LogP contribution in [0.15, 0.2) is 66.7 Å². The molecule has 1 aliphatic heterocycles. The lowest BCUT2D eigenvalue weighted by Crippen LogP contribution is -2.26. The predicted molar refractivity (Wildman–Crippen MR) is 129 cm³/mol. The summed E-state index contributed by atoms with van der Waals surface area (Å²) in [5, 5.41) is 8.25. The Hall–Kier alpha value is -3.87. The van der Waals surface area contributed by atoms with E-state index in [4.69, 9.17) is 0 Å². The largest absolute Gasteiger partial charge is 0.370 e. The summed E-state index contributed by atoms with van der Waals surface area (Å²) in [5.41, 5.74) is 4.04. The molecule has 3 amide bonds. The predicted octanol–water partition coefficient (Wildman–Crippen LogP) is 5.31. The lowest BCUT2D eigenvalue weighted by Gasteiger charge is -2.22. The summed E-state index contributed by atoms with van der Waals surface area (Å²) in [6.45, 7) is 4.18. The monoisotopic (exact) mass is 446 g/mol. The molecular formula is C26H27FN4O2. The summed E-state index contributed by atoms with van der Waals surface area (Å²) in [6, 6.07) is 18.6. The molecule has 0 saturated carbocycles. The van der Waals surface area contributed by atoms with Gasteiger partial charge in [0.05, 0.1) is 17.1 Å². The zero-order valence-electron chi connectivity index (χ0n) is 18.5. The number of halogens is 1. The molecule has 1 saturated heterocycles. The Morgan fingerprint density at radius 3 is 2.33 bits per heavy atom. The van der Waals surface area contributed by atoms with E-state index in [0.717, 1.165) is 42.7 Å². The fourth-order valence-corrected chi connectivity index (χ4v) is 3.84. The van der Waals surface area contributed by atoms with Gasteiger partial charge in [-0.05, 0) is 55.7 Å². The first-order valence-electron chi connectivity index (χ1n) is 11.0. The SMILES string of the molecule is Cc1ccc(CNC(=O)c2ccc(N3CCCC3)c(NC(=O)Nc3ccccc3F)c2)cc1. The van der Waals surface area contributed by atoms with Crippen molar-refractivity contribution in [3.8, 4) is 0 Å². The molecule has 170 valence electrons. The molecule has 6 nitrogen and oxygen atoms in total. The van der Waals surface area contributed by atoms with E-state index < -0.39 is 11.8 Å². The van der Waals surface area contributed by atoms with E-state index in [0.29, 0.717) is 17.8 Å². The van der Waals surface area contributed by atoms with Crippen LogP contribution in [0.2, 0.25) is 0 Å². The van der Waals surface area contributed by atoms with Crippen molar-refractivity contribution < 1.29 is 14.0 Å². The van der Waals surface area contributed by atoms with Gasteiger partial charge in [-0.15, -0.1) is 0 Å². The number of hydrogen-bond donors (Lipinski definition) is 3. The molecule has 4 rings (SSSR count). The Labute approximate surface area is 192 Å². The smallest absolute Gasteiger partial charge is 0.323 e. The Kier molecular flexibility index (Phi) is 6.88. The molecule has 33 heavy (non-hydrogen) atoms. The number of rotatable bonds is 6. The summed E-state index contributed by atoms with van der Waals surface area (Å²) in [5.74, 6) is -0.752. The third kappa shape index (κ3) is 5.68. The van der Waals surface area contributed by atoms with Crippen molar-refractivity contribution in [1.82, 2.24) is 5.32 Å². The Morgan fingerprint density at radius 2 is 1.61 bits per heavy atom. The minimum Gasteiger partial charge on any atom is -0.370 e. The third-order valence-corrected chi connectivity index (χ3v) is 5.65. The van der Waals surface area contributed by atoms with Crippen molar-refractivity contribution in [2.75, 3.05) is 28.6 Å². The van der Waals surface area contributed by atoms with E-state index in [1.165, 1.54) is 12.1 Å². The molecule has 0 bridgehead atoms. The summed E-state index contributed by atoms with van der Waals surface area (Å²) in [7, 11) is 0. The summed E-state index contributed by atoms with van der Waals surface area (Å²) in [4.78, 5) is 27.6. The van der Waals surface area contributed by atoms with Gasteiger partial charge in [-0.3, -0.25) is 4.79 Å². The van der Waals surface area contributed by atoms with E-state index >= 15 is 0 Å². The molecular weight excluding hydrogens is 419 g/mol. The maximum absolute atomic E-state index is 13.9. The lowest BCUT2D eigenvalue weighted by atomic mass is 10.1. The van der Waals surface area contributed by atoms with E-state index in [2.05, 4.69) is 20.9 Å². The second-order valence-electron chi connectivity index (χ2n) is 8.15. The van der Waals surface area contributed by atoms with Crippen LogP contribution in [0, 0.1) is 12.7 Å². The Bertz CT molecular complexity index is 1140. The molecule has 3 aromatic carbocycles. The molecule has 7 heteroatoms. The highest BCUT2D eigenvalue weighted by molar-refractivity contribution is 6.04. The molecule has 0 spiro atoms. The third-order valence-electron chi connectivity index (χ3n) is 5.65. The van der Waals surface area contributed by atoms with Crippen LogP contribution in [0.25, 0.3) is 0 Å². The van der Waals surface area contributed by atoms with Crippen LogP contribution in [-0.2, 0) is 6.54 Å². The first-order chi connectivity index (χ1) is 16.0. The highest BCUT2D eigenvalue weighted by Crippen LogP contribution is 2.30. The van der Waals surface area contributed by atoms with Crippen LogP contribution in [-0.4, -0.2) is 25.0 Å². The first kappa shape index (κ1) is 22.3. The highest BCUT2D eigenvalue weighted by Gasteiger charge is 2.19. The number of anilines is 3. The number of amides is 3. The average molecular weight is 447 g/mol. The number of nitrogens with one attached hydrogen (secondary N) is 3. The lowest BCUT2D eigenvalue weighted by molar-refractivity contribution is 0.0951. The minimum absolute atomic E-state index is 0.0877. The molecule has 0 atom stereocenters. The quantitative estimate of drug-likeness (QED) is 0.481. The van der Waals surface area contributed by atoms with Crippen molar-refractivity contribution in [2.45, 2.75) is 26.3 Å². The Balaban J connectivity index is 1.51. The number of carbonyl (C=O) groups is 2. The second kappa shape index (κ2) is 10.2. The molecule has 0 radical (unpaired) electrons. The molecule has 3 aromatic rings. The normalized spacial score (nSPS) is 13.0. The van der Waals surface area contributed by atoms with Crippen LogP contribution < -0.4 is 20.9 Å². The van der Waals surface area contributed by atoms with Crippen molar-refractivity contribution in [3.63, 3.8) is 0 Å². The molecule has 1 heterocycles. The number of urea groups is 1. The summed E-state index contributed by atoms with van der Waals surface area (Å²) >= 11 is 0. The van der Waals surface area contributed by atoms with E-state index in [-0.39, 0.29) is 11.6 Å². The molecule has 0 aliphatic carbocycles. The number of benzene rings is 3. The van der Waals surface area contributed by atoms with Crippen molar-refractivity contribution in [3.05, 3.63) is 89.2 Å². The first-order valence-corrected chi connectivity index (χ1v) is 11.0. The van der Waals surface area contributed by atoms with Gasteiger partial charge in [0, 0.05) is 25.2 Å². The van der Waals surface area contributed by atoms with Gasteiger partial charge in [-0.1, -0.05) is 42.0 Å². The minimum atomic E-state index is -0.572. The van der Waals surface area contributed by atoms with Crippen LogP contribution in [0.5, 0.6) is 0 Å². The average Bonchev–Trinajstić information content (AvgIpc) is 3.35. The standard InChI is InChI=1S/C26H27FN4O2/c1-18-8-10-19(11-9-18)17-28-25(32)20-12-13-24(31-14-4-5-15-31)23(16-20)30-26(33)29-22-7-3-2-6-21(22)27/h2-3,6-13,16H,4-5,14-15,17H2,1H3,(H,28,32)(H2,29,30,33). The molecule has 1 aliphatic rings. The van der Waals surface area contributed by atoms with Gasteiger partial charge in [-0.2, -0.15) is 0 Å². The van der Waals surface area contributed by atoms with Crippen LogP contribution in [0.1, 0.15) is 34.3 Å². The van der Waals surface area contributed by atoms with Gasteiger partial charge in [0.1, 0.15) is 5.82 Å². The zero-order valence-corrected chi connectivity index (χ0v) is 18.5. The Morgan fingerprint density at radius 1 is 0.909 bits per heavy atom. The van der Waals surface area contributed by atoms with Crippen molar-refractivity contribution >= 4 is 29.0 Å². The number of nitrogens with zero attached hydrogens (tertiary/aromatic N) is 1. The van der Waals surface area contributed by atoms with Gasteiger partial charge < -0.3 is 20.9 Å². The van der Waals surface area contributed by atoms with Gasteiger partial charge >= 0.3 is 6.03 Å². The molecule has 3 N–H and O–H groups in total. The summed E-state index contributed by atoms with van der Waals surface area (Å²) in [6.07, 6.45) is 2.14. The van der Waals surface area contributed by atoms with Crippen molar-refractivity contribution in [2.24, 2.45) is 0 Å². The molecule has 0 unspecified atom stereocenters. The fourth-order valence-electron chi connectivity index (χ4n) is 3.84. The zero-order chi connectivity index (χ0) is 23.2. The van der Waals surface area contributed by atoms with Gasteiger partial charge in [0.2, 0.25) is 0 Å². The molecule has 1 fully saturated rings. The number of carbonyl (C=O) groups excluding carboxylic acids is 2. The van der Waals surface area contributed by atoms with Crippen LogP contribution in [0.3, 0.4) is 0 Å². The second-order valence-corrected chi connectivity index (χ2v) is 8.15. The van der Waals surface area contributed by atoms with Gasteiger partial charge in [0.25, 0.3) is 5.91 Å². The molecule has 0 aromatic heterocycles. The number of para-hydroxylation sites is 1.